The number of piperidine rings is 1. The Balaban J connectivity index is 2.05. The summed E-state index contributed by atoms with van der Waals surface area (Å²) in [6.45, 7) is 0.914. The maximum atomic E-state index is 12.7. The first-order valence-electron chi connectivity index (χ1n) is 5.96. The fourth-order valence-corrected chi connectivity index (χ4v) is 2.58. The monoisotopic (exact) mass is 312 g/mol. The fourth-order valence-electron chi connectivity index (χ4n) is 2.25. The molecule has 19 heavy (non-hydrogen) atoms. The van der Waals surface area contributed by atoms with Crippen molar-refractivity contribution in [2.45, 2.75) is 25.6 Å². The van der Waals surface area contributed by atoms with E-state index in [1.54, 1.807) is 17.0 Å². The zero-order chi connectivity index (χ0) is 14.0. The van der Waals surface area contributed by atoms with Crippen molar-refractivity contribution in [1.29, 1.82) is 0 Å². The van der Waals surface area contributed by atoms with Gasteiger partial charge >= 0.3 is 6.18 Å². The molecular weight excluding hydrogens is 300 g/mol. The van der Waals surface area contributed by atoms with Gasteiger partial charge in [0.05, 0.1) is 16.6 Å². The lowest BCUT2D eigenvalue weighted by atomic mass is 9.97. The van der Waals surface area contributed by atoms with Crippen LogP contribution >= 0.6 is 23.2 Å². The lowest BCUT2D eigenvalue weighted by Crippen LogP contribution is -2.41. The molecule has 7 heteroatoms. The first-order valence-corrected chi connectivity index (χ1v) is 6.72. The molecule has 2 rings (SSSR count). The van der Waals surface area contributed by atoms with Crippen LogP contribution in [0.4, 0.5) is 13.2 Å². The van der Waals surface area contributed by atoms with Crippen molar-refractivity contribution in [3.63, 3.8) is 0 Å². The quantitative estimate of drug-likeness (QED) is 0.762. The number of hydrogen-bond acceptors (Lipinski definition) is 2. The van der Waals surface area contributed by atoms with Gasteiger partial charge in [0.2, 0.25) is 0 Å². The summed E-state index contributed by atoms with van der Waals surface area (Å²) in [6, 6.07) is 3.17. The molecule has 0 saturated carbocycles. The van der Waals surface area contributed by atoms with Gasteiger partial charge in [-0.15, -0.1) is 0 Å². The Kier molecular flexibility index (Phi) is 4.58. The number of hydrogen-bond donors (Lipinski definition) is 0. The highest BCUT2D eigenvalue weighted by Gasteiger charge is 2.41. The smallest absolute Gasteiger partial charge is 0.297 e. The molecule has 0 aromatic carbocycles. The van der Waals surface area contributed by atoms with Crippen LogP contribution in [0.5, 0.6) is 0 Å². The van der Waals surface area contributed by atoms with Crippen LogP contribution in [-0.4, -0.2) is 29.1 Å². The Morgan fingerprint density at radius 2 is 2.05 bits per heavy atom. The van der Waals surface area contributed by atoms with Gasteiger partial charge < -0.3 is 0 Å². The number of aromatic nitrogens is 1. The first kappa shape index (κ1) is 14.9. The van der Waals surface area contributed by atoms with Crippen LogP contribution < -0.4 is 0 Å². The van der Waals surface area contributed by atoms with Crippen molar-refractivity contribution < 1.29 is 13.2 Å². The summed E-state index contributed by atoms with van der Waals surface area (Å²) in [5.74, 6) is -1.26. The third-order valence-corrected chi connectivity index (χ3v) is 3.78. The number of rotatable bonds is 2. The van der Waals surface area contributed by atoms with E-state index in [1.807, 2.05) is 0 Å². The van der Waals surface area contributed by atoms with E-state index in [4.69, 9.17) is 23.2 Å². The van der Waals surface area contributed by atoms with E-state index in [9.17, 15) is 13.2 Å². The van der Waals surface area contributed by atoms with Crippen LogP contribution in [0.15, 0.2) is 12.1 Å². The van der Waals surface area contributed by atoms with Gasteiger partial charge in [0, 0.05) is 13.1 Å². The molecule has 1 saturated heterocycles. The average molecular weight is 313 g/mol. The Hall–Kier alpha value is -0.520. The summed E-state index contributed by atoms with van der Waals surface area (Å²) in [5, 5.41) is 0.724. The molecule has 0 aliphatic carbocycles. The second kappa shape index (κ2) is 5.85. The molecule has 1 atom stereocenters. The van der Waals surface area contributed by atoms with Crippen molar-refractivity contribution in [3.05, 3.63) is 28.0 Å². The fraction of sp³-hybridized carbons (Fsp3) is 0.583. The molecule has 1 fully saturated rings. The zero-order valence-corrected chi connectivity index (χ0v) is 11.6. The Morgan fingerprint density at radius 1 is 1.32 bits per heavy atom. The van der Waals surface area contributed by atoms with Crippen LogP contribution in [0.3, 0.4) is 0 Å². The van der Waals surface area contributed by atoms with E-state index < -0.39 is 12.1 Å². The van der Waals surface area contributed by atoms with E-state index in [-0.39, 0.29) is 13.0 Å². The van der Waals surface area contributed by atoms with Crippen LogP contribution in [-0.2, 0) is 6.54 Å². The Labute approximate surface area is 119 Å². The minimum Gasteiger partial charge on any atom is -0.297 e. The predicted octanol–water partition coefficient (Wildman–Crippen LogP) is 4.16. The molecule has 1 aliphatic rings. The number of halogens is 5. The molecule has 1 unspecified atom stereocenters. The topological polar surface area (TPSA) is 16.1 Å². The van der Waals surface area contributed by atoms with Crippen LogP contribution in [0, 0.1) is 5.92 Å². The third-order valence-electron chi connectivity index (χ3n) is 3.23. The second-order valence-electron chi connectivity index (χ2n) is 4.68. The predicted molar refractivity (Wildman–Crippen MR) is 68.3 cm³/mol. The lowest BCUT2D eigenvalue weighted by Gasteiger charge is -2.33. The van der Waals surface area contributed by atoms with Gasteiger partial charge in [-0.1, -0.05) is 23.2 Å². The normalized spacial score (nSPS) is 21.6. The van der Waals surface area contributed by atoms with Gasteiger partial charge in [-0.2, -0.15) is 13.2 Å². The Bertz CT molecular complexity index is 451. The molecule has 106 valence electrons. The van der Waals surface area contributed by atoms with E-state index in [0.29, 0.717) is 35.4 Å². The molecule has 2 heterocycles. The SMILES string of the molecule is FC(F)(F)C1CCCN(Cc2nc(Cl)ccc2Cl)C1. The summed E-state index contributed by atoms with van der Waals surface area (Å²) in [5.41, 5.74) is 0.525. The van der Waals surface area contributed by atoms with Crippen molar-refractivity contribution in [1.82, 2.24) is 9.88 Å². The van der Waals surface area contributed by atoms with Gasteiger partial charge in [-0.05, 0) is 31.5 Å². The maximum Gasteiger partial charge on any atom is 0.393 e. The van der Waals surface area contributed by atoms with Gasteiger partial charge in [0.25, 0.3) is 0 Å². The molecule has 0 spiro atoms. The highest BCUT2D eigenvalue weighted by Crippen LogP contribution is 2.33. The summed E-state index contributed by atoms with van der Waals surface area (Å²) < 4.78 is 38.1. The van der Waals surface area contributed by atoms with Crippen LogP contribution in [0.2, 0.25) is 10.2 Å². The molecular formula is C12H13Cl2F3N2. The number of alkyl halides is 3. The van der Waals surface area contributed by atoms with E-state index in [2.05, 4.69) is 4.98 Å². The lowest BCUT2D eigenvalue weighted by molar-refractivity contribution is -0.187. The van der Waals surface area contributed by atoms with Crippen molar-refractivity contribution in [3.8, 4) is 0 Å². The largest absolute Gasteiger partial charge is 0.393 e. The summed E-state index contributed by atoms with van der Waals surface area (Å²) in [6.07, 6.45) is -3.41. The molecule has 0 bridgehead atoms. The standard InChI is InChI=1S/C12H13Cl2F3N2/c13-9-3-4-11(14)18-10(9)7-19-5-1-2-8(6-19)12(15,16)17/h3-4,8H,1-2,5-7H2. The first-order chi connectivity index (χ1) is 8.86. The van der Waals surface area contributed by atoms with Gasteiger partial charge in [-0.25, -0.2) is 4.98 Å². The van der Waals surface area contributed by atoms with E-state index in [0.717, 1.165) is 0 Å². The minimum absolute atomic E-state index is 0.00593. The average Bonchev–Trinajstić information content (AvgIpc) is 2.33. The van der Waals surface area contributed by atoms with Gasteiger partial charge in [-0.3, -0.25) is 4.90 Å². The molecule has 0 N–H and O–H groups in total. The molecule has 1 aromatic heterocycles. The molecule has 2 nitrogen and oxygen atoms in total. The summed E-state index contributed by atoms with van der Waals surface area (Å²) in [4.78, 5) is 5.79. The maximum absolute atomic E-state index is 12.7. The highest BCUT2D eigenvalue weighted by atomic mass is 35.5. The number of likely N-dealkylation sites (tertiary alicyclic amines) is 1. The van der Waals surface area contributed by atoms with Crippen molar-refractivity contribution in [2.75, 3.05) is 13.1 Å². The van der Waals surface area contributed by atoms with E-state index in [1.165, 1.54) is 0 Å². The summed E-state index contributed by atoms with van der Waals surface area (Å²) in [7, 11) is 0. The molecule has 0 amide bonds. The van der Waals surface area contributed by atoms with Crippen molar-refractivity contribution in [2.24, 2.45) is 5.92 Å². The molecule has 1 aliphatic heterocycles. The van der Waals surface area contributed by atoms with Crippen molar-refractivity contribution >= 4 is 23.2 Å². The van der Waals surface area contributed by atoms with Crippen LogP contribution in [0.25, 0.3) is 0 Å². The number of nitrogens with zero attached hydrogens (tertiary/aromatic N) is 2. The van der Waals surface area contributed by atoms with Gasteiger partial charge in [0.15, 0.2) is 0 Å². The molecule has 0 radical (unpaired) electrons. The summed E-state index contributed by atoms with van der Waals surface area (Å²) >= 11 is 11.7. The minimum atomic E-state index is -4.13. The molecule has 1 aromatic rings. The van der Waals surface area contributed by atoms with Crippen LogP contribution in [0.1, 0.15) is 18.5 Å². The Morgan fingerprint density at radius 3 is 2.74 bits per heavy atom. The van der Waals surface area contributed by atoms with Gasteiger partial charge in [0.1, 0.15) is 5.15 Å². The number of pyridine rings is 1. The highest BCUT2D eigenvalue weighted by molar-refractivity contribution is 6.32. The third kappa shape index (κ3) is 3.97. The zero-order valence-electron chi connectivity index (χ0n) is 10.1. The second-order valence-corrected chi connectivity index (χ2v) is 5.47. The van der Waals surface area contributed by atoms with E-state index >= 15 is 0 Å².